The molecular formula is C10H17BrN4. The van der Waals surface area contributed by atoms with Crippen LogP contribution in [0.25, 0.3) is 0 Å². The molecule has 0 bridgehead atoms. The van der Waals surface area contributed by atoms with Gasteiger partial charge in [0.2, 0.25) is 0 Å². The van der Waals surface area contributed by atoms with Gasteiger partial charge in [-0.3, -0.25) is 0 Å². The van der Waals surface area contributed by atoms with Crippen molar-refractivity contribution in [3.63, 3.8) is 0 Å². The molecule has 1 aromatic rings. The number of halogens is 1. The largest absolute Gasteiger partial charge is 0.369 e. The average Bonchev–Trinajstić information content (AvgIpc) is 2.26. The van der Waals surface area contributed by atoms with Crippen LogP contribution in [0.1, 0.15) is 26.7 Å². The van der Waals surface area contributed by atoms with E-state index in [1.165, 1.54) is 0 Å². The van der Waals surface area contributed by atoms with Gasteiger partial charge in [-0.15, -0.1) is 0 Å². The van der Waals surface area contributed by atoms with Crippen molar-refractivity contribution in [3.8, 4) is 0 Å². The quantitative estimate of drug-likeness (QED) is 0.836. The Labute approximate surface area is 99.0 Å². The molecule has 1 heterocycles. The van der Waals surface area contributed by atoms with E-state index < -0.39 is 0 Å². The Morgan fingerprint density at radius 2 is 1.53 bits per heavy atom. The van der Waals surface area contributed by atoms with Crippen molar-refractivity contribution >= 4 is 27.6 Å². The molecule has 84 valence electrons. The Bertz CT molecular complexity index is 277. The van der Waals surface area contributed by atoms with Crippen LogP contribution in [-0.4, -0.2) is 23.1 Å². The molecule has 0 unspecified atom stereocenters. The Balaban J connectivity index is 2.71. The minimum atomic E-state index is 0.852. The number of hydrogen-bond acceptors (Lipinski definition) is 4. The van der Waals surface area contributed by atoms with Crippen LogP contribution >= 0.6 is 15.9 Å². The minimum Gasteiger partial charge on any atom is -0.369 e. The lowest BCUT2D eigenvalue weighted by Gasteiger charge is -2.10. The zero-order valence-electron chi connectivity index (χ0n) is 9.18. The first kappa shape index (κ1) is 12.2. The van der Waals surface area contributed by atoms with Crippen LogP contribution in [0.4, 0.5) is 11.6 Å². The second-order valence-corrected chi connectivity index (χ2v) is 4.03. The maximum atomic E-state index is 4.18. The van der Waals surface area contributed by atoms with Crippen molar-refractivity contribution < 1.29 is 0 Å². The smallest absolute Gasteiger partial charge is 0.145 e. The Kier molecular flexibility index (Phi) is 5.39. The van der Waals surface area contributed by atoms with Gasteiger partial charge in [-0.05, 0) is 28.8 Å². The molecule has 0 aliphatic rings. The summed E-state index contributed by atoms with van der Waals surface area (Å²) in [6, 6.07) is 0. The van der Waals surface area contributed by atoms with E-state index in [0.717, 1.165) is 42.0 Å². The second-order valence-electron chi connectivity index (χ2n) is 3.24. The third-order valence-corrected chi connectivity index (χ3v) is 2.63. The van der Waals surface area contributed by atoms with Crippen LogP contribution in [-0.2, 0) is 0 Å². The van der Waals surface area contributed by atoms with E-state index in [1.54, 1.807) is 6.33 Å². The maximum Gasteiger partial charge on any atom is 0.145 e. The molecule has 0 aliphatic carbocycles. The second kappa shape index (κ2) is 6.61. The van der Waals surface area contributed by atoms with Crippen molar-refractivity contribution in [1.82, 2.24) is 9.97 Å². The fraction of sp³-hybridized carbons (Fsp3) is 0.600. The fourth-order valence-corrected chi connectivity index (χ4v) is 1.59. The van der Waals surface area contributed by atoms with Crippen molar-refractivity contribution in [2.24, 2.45) is 0 Å². The summed E-state index contributed by atoms with van der Waals surface area (Å²) in [5.74, 6) is 1.70. The van der Waals surface area contributed by atoms with Crippen LogP contribution in [0.5, 0.6) is 0 Å². The highest BCUT2D eigenvalue weighted by Gasteiger charge is 2.06. The van der Waals surface area contributed by atoms with E-state index >= 15 is 0 Å². The molecule has 0 atom stereocenters. The third-order valence-electron chi connectivity index (χ3n) is 1.87. The molecule has 0 spiro atoms. The highest BCUT2D eigenvalue weighted by atomic mass is 79.9. The van der Waals surface area contributed by atoms with Crippen LogP contribution in [0.15, 0.2) is 10.8 Å². The average molecular weight is 273 g/mol. The van der Waals surface area contributed by atoms with Crippen LogP contribution < -0.4 is 10.6 Å². The molecule has 1 rings (SSSR count). The van der Waals surface area contributed by atoms with Gasteiger partial charge in [-0.1, -0.05) is 13.8 Å². The first-order valence-corrected chi connectivity index (χ1v) is 6.07. The number of nitrogens with zero attached hydrogens (tertiary/aromatic N) is 2. The van der Waals surface area contributed by atoms with Gasteiger partial charge >= 0.3 is 0 Å². The van der Waals surface area contributed by atoms with Gasteiger partial charge in [0.15, 0.2) is 0 Å². The molecule has 0 saturated carbocycles. The molecular weight excluding hydrogens is 256 g/mol. The molecule has 1 aromatic heterocycles. The van der Waals surface area contributed by atoms with Gasteiger partial charge in [0, 0.05) is 13.1 Å². The highest BCUT2D eigenvalue weighted by molar-refractivity contribution is 9.10. The van der Waals surface area contributed by atoms with Crippen LogP contribution in [0.3, 0.4) is 0 Å². The summed E-state index contributed by atoms with van der Waals surface area (Å²) in [7, 11) is 0. The summed E-state index contributed by atoms with van der Waals surface area (Å²) in [6.07, 6.45) is 3.73. The highest BCUT2D eigenvalue weighted by Crippen LogP contribution is 2.26. The van der Waals surface area contributed by atoms with Crippen molar-refractivity contribution in [3.05, 3.63) is 10.8 Å². The van der Waals surface area contributed by atoms with E-state index in [9.17, 15) is 0 Å². The lowest BCUT2D eigenvalue weighted by Crippen LogP contribution is -2.07. The zero-order chi connectivity index (χ0) is 11.1. The summed E-state index contributed by atoms with van der Waals surface area (Å²) in [4.78, 5) is 8.35. The number of nitrogens with one attached hydrogen (secondary N) is 2. The van der Waals surface area contributed by atoms with E-state index in [-0.39, 0.29) is 0 Å². The van der Waals surface area contributed by atoms with Gasteiger partial charge in [0.05, 0.1) is 0 Å². The van der Waals surface area contributed by atoms with Crippen molar-refractivity contribution in [2.75, 3.05) is 23.7 Å². The van der Waals surface area contributed by atoms with Crippen molar-refractivity contribution in [1.29, 1.82) is 0 Å². The standard InChI is InChI=1S/C10H17BrN4/c1-3-5-12-9-8(11)10(13-6-4-2)15-7-14-9/h7H,3-6H2,1-2H3,(H2,12,13,14,15). The van der Waals surface area contributed by atoms with Gasteiger partial charge < -0.3 is 10.6 Å². The lowest BCUT2D eigenvalue weighted by atomic mass is 10.4. The Morgan fingerprint density at radius 1 is 1.07 bits per heavy atom. The third kappa shape index (κ3) is 3.66. The summed E-state index contributed by atoms with van der Waals surface area (Å²) >= 11 is 3.49. The molecule has 0 radical (unpaired) electrons. The van der Waals surface area contributed by atoms with Crippen LogP contribution in [0.2, 0.25) is 0 Å². The molecule has 0 aromatic carbocycles. The number of rotatable bonds is 6. The minimum absolute atomic E-state index is 0.852. The topological polar surface area (TPSA) is 49.8 Å². The zero-order valence-corrected chi connectivity index (χ0v) is 10.8. The predicted molar refractivity (Wildman–Crippen MR) is 67.3 cm³/mol. The summed E-state index contributed by atoms with van der Waals surface area (Å²) in [5, 5.41) is 6.48. The van der Waals surface area contributed by atoms with E-state index in [0.29, 0.717) is 0 Å². The summed E-state index contributed by atoms with van der Waals surface area (Å²) in [6.45, 7) is 6.09. The lowest BCUT2D eigenvalue weighted by molar-refractivity contribution is 0.947. The summed E-state index contributed by atoms with van der Waals surface area (Å²) < 4.78 is 0.909. The maximum absolute atomic E-state index is 4.18. The monoisotopic (exact) mass is 272 g/mol. The van der Waals surface area contributed by atoms with Gasteiger partial charge in [-0.25, -0.2) is 9.97 Å². The normalized spacial score (nSPS) is 10.1. The van der Waals surface area contributed by atoms with E-state index in [1.807, 2.05) is 0 Å². The molecule has 0 aliphatic heterocycles. The molecule has 2 N–H and O–H groups in total. The first-order valence-electron chi connectivity index (χ1n) is 5.27. The van der Waals surface area contributed by atoms with E-state index in [4.69, 9.17) is 0 Å². The Morgan fingerprint density at radius 3 is 1.93 bits per heavy atom. The van der Waals surface area contributed by atoms with Crippen molar-refractivity contribution in [2.45, 2.75) is 26.7 Å². The molecule has 0 fully saturated rings. The van der Waals surface area contributed by atoms with Gasteiger partial charge in [0.1, 0.15) is 22.4 Å². The SMILES string of the molecule is CCCNc1ncnc(NCCC)c1Br. The van der Waals surface area contributed by atoms with Gasteiger partial charge in [0.25, 0.3) is 0 Å². The van der Waals surface area contributed by atoms with E-state index in [2.05, 4.69) is 50.4 Å². The predicted octanol–water partition coefficient (Wildman–Crippen LogP) is 2.88. The van der Waals surface area contributed by atoms with Gasteiger partial charge in [-0.2, -0.15) is 0 Å². The van der Waals surface area contributed by atoms with Crippen LogP contribution in [0, 0.1) is 0 Å². The number of hydrogen-bond donors (Lipinski definition) is 2. The first-order chi connectivity index (χ1) is 7.29. The molecule has 0 amide bonds. The molecule has 5 heteroatoms. The Hall–Kier alpha value is -0.840. The number of anilines is 2. The summed E-state index contributed by atoms with van der Waals surface area (Å²) in [5.41, 5.74) is 0. The number of aromatic nitrogens is 2. The molecule has 0 saturated heterocycles. The fourth-order valence-electron chi connectivity index (χ4n) is 1.10. The molecule has 4 nitrogen and oxygen atoms in total. The molecule has 15 heavy (non-hydrogen) atoms.